The number of ether oxygens (including phenoxy) is 1. The van der Waals surface area contributed by atoms with Crippen molar-refractivity contribution in [2.75, 3.05) is 7.11 Å². The van der Waals surface area contributed by atoms with Crippen molar-refractivity contribution in [1.29, 1.82) is 0 Å². The maximum atomic E-state index is 11.4. The summed E-state index contributed by atoms with van der Waals surface area (Å²) in [5.41, 5.74) is 2.72. The molecule has 0 radical (unpaired) electrons. The van der Waals surface area contributed by atoms with Gasteiger partial charge < -0.3 is 9.30 Å². The molecule has 0 aliphatic carbocycles. The van der Waals surface area contributed by atoms with Crippen LogP contribution >= 0.6 is 0 Å². The first-order chi connectivity index (χ1) is 9.67. The molecule has 1 aromatic carbocycles. The minimum Gasteiger partial charge on any atom is -0.466 e. The van der Waals surface area contributed by atoms with Gasteiger partial charge in [0.05, 0.1) is 18.1 Å². The van der Waals surface area contributed by atoms with Crippen molar-refractivity contribution in [3.63, 3.8) is 0 Å². The van der Waals surface area contributed by atoms with Gasteiger partial charge in [0, 0.05) is 18.5 Å². The lowest BCUT2D eigenvalue weighted by Crippen LogP contribution is -2.06. The summed E-state index contributed by atoms with van der Waals surface area (Å²) in [6.45, 7) is 4.54. The summed E-state index contributed by atoms with van der Waals surface area (Å²) >= 11 is 0. The smallest absolute Gasteiger partial charge is 0.333 e. The molecule has 0 N–H and O–H groups in total. The molecule has 0 unspecified atom stereocenters. The normalized spacial score (nSPS) is 11.8. The molecule has 4 nitrogen and oxygen atoms in total. The van der Waals surface area contributed by atoms with Gasteiger partial charge in [0.15, 0.2) is 0 Å². The molecule has 1 aromatic heterocycles. The number of nitrogens with zero attached hydrogens (tertiary/aromatic N) is 2. The van der Waals surface area contributed by atoms with Crippen molar-refractivity contribution in [3.8, 4) is 0 Å². The van der Waals surface area contributed by atoms with E-state index in [4.69, 9.17) is 4.74 Å². The lowest BCUT2D eigenvalue weighted by atomic mass is 10.2. The van der Waals surface area contributed by atoms with Crippen molar-refractivity contribution >= 4 is 17.0 Å². The molecule has 0 fully saturated rings. The average molecular weight is 272 g/mol. The topological polar surface area (TPSA) is 44.1 Å². The van der Waals surface area contributed by atoms with E-state index in [1.165, 1.54) is 7.11 Å². The third kappa shape index (κ3) is 2.90. The highest BCUT2D eigenvalue weighted by Gasteiger charge is 2.09. The Balaban J connectivity index is 2.36. The summed E-state index contributed by atoms with van der Waals surface area (Å²) in [6, 6.07) is 8.07. The lowest BCUT2D eigenvalue weighted by molar-refractivity contribution is -0.136. The second kappa shape index (κ2) is 6.37. The molecule has 4 heteroatoms. The Morgan fingerprint density at radius 2 is 2.15 bits per heavy atom. The van der Waals surface area contributed by atoms with Crippen molar-refractivity contribution in [3.05, 3.63) is 41.7 Å². The predicted octanol–water partition coefficient (Wildman–Crippen LogP) is 3.11. The zero-order chi connectivity index (χ0) is 14.5. The van der Waals surface area contributed by atoms with E-state index in [1.807, 2.05) is 24.3 Å². The molecule has 0 bridgehead atoms. The van der Waals surface area contributed by atoms with Crippen LogP contribution in [0.2, 0.25) is 0 Å². The molecule has 0 aliphatic heterocycles. The standard InChI is InChI=1S/C16H20N2O2/c1-4-7-15-17-13-8-5-6-9-14(13)18(15)11-10-12(2)16(19)20-3/h5-6,8-10H,4,7,11H2,1-3H3/b12-10-. The molecule has 0 atom stereocenters. The van der Waals surface area contributed by atoms with Gasteiger partial charge in [-0.25, -0.2) is 9.78 Å². The van der Waals surface area contributed by atoms with Gasteiger partial charge in [0.25, 0.3) is 0 Å². The quantitative estimate of drug-likeness (QED) is 0.620. The highest BCUT2D eigenvalue weighted by Crippen LogP contribution is 2.17. The molecule has 106 valence electrons. The number of imidazole rings is 1. The number of fused-ring (bicyclic) bond motifs is 1. The molecular formula is C16H20N2O2. The summed E-state index contributed by atoms with van der Waals surface area (Å²) in [4.78, 5) is 16.1. The molecule has 0 saturated carbocycles. The first kappa shape index (κ1) is 14.3. The van der Waals surface area contributed by atoms with Crippen LogP contribution in [0.4, 0.5) is 0 Å². The van der Waals surface area contributed by atoms with Gasteiger partial charge in [-0.1, -0.05) is 25.1 Å². The summed E-state index contributed by atoms with van der Waals surface area (Å²) in [7, 11) is 1.40. The van der Waals surface area contributed by atoms with Crippen molar-refractivity contribution in [2.24, 2.45) is 0 Å². The van der Waals surface area contributed by atoms with Crippen LogP contribution in [0.1, 0.15) is 26.1 Å². The number of rotatable bonds is 5. The monoisotopic (exact) mass is 272 g/mol. The molecule has 0 amide bonds. The fourth-order valence-electron chi connectivity index (χ4n) is 2.22. The molecule has 1 heterocycles. The van der Waals surface area contributed by atoms with E-state index in [-0.39, 0.29) is 5.97 Å². The lowest BCUT2D eigenvalue weighted by Gasteiger charge is -2.06. The molecule has 0 aliphatic rings. The number of allylic oxidation sites excluding steroid dienone is 1. The van der Waals surface area contributed by atoms with Gasteiger partial charge in [-0.2, -0.15) is 0 Å². The van der Waals surface area contributed by atoms with E-state index >= 15 is 0 Å². The number of methoxy groups -OCH3 is 1. The van der Waals surface area contributed by atoms with Gasteiger partial charge in [0.1, 0.15) is 5.82 Å². The molecule has 0 saturated heterocycles. The fourth-order valence-corrected chi connectivity index (χ4v) is 2.22. The Kier molecular flexibility index (Phi) is 4.56. The van der Waals surface area contributed by atoms with E-state index in [2.05, 4.69) is 22.5 Å². The largest absolute Gasteiger partial charge is 0.466 e. The van der Waals surface area contributed by atoms with Crippen LogP contribution in [-0.4, -0.2) is 22.6 Å². The van der Waals surface area contributed by atoms with Crippen LogP contribution in [-0.2, 0) is 22.5 Å². The number of hydrogen-bond acceptors (Lipinski definition) is 3. The van der Waals surface area contributed by atoms with Gasteiger partial charge in [-0.15, -0.1) is 0 Å². The van der Waals surface area contributed by atoms with E-state index in [0.717, 1.165) is 29.7 Å². The third-order valence-corrected chi connectivity index (χ3v) is 3.29. The van der Waals surface area contributed by atoms with Crippen molar-refractivity contribution < 1.29 is 9.53 Å². The number of esters is 1. The van der Waals surface area contributed by atoms with Crippen LogP contribution in [0.5, 0.6) is 0 Å². The van der Waals surface area contributed by atoms with Crippen LogP contribution in [0.15, 0.2) is 35.9 Å². The number of aryl methyl sites for hydroxylation is 1. The van der Waals surface area contributed by atoms with Crippen LogP contribution in [0.25, 0.3) is 11.0 Å². The summed E-state index contributed by atoms with van der Waals surface area (Å²) in [5, 5.41) is 0. The average Bonchev–Trinajstić information content (AvgIpc) is 2.81. The maximum absolute atomic E-state index is 11.4. The van der Waals surface area contributed by atoms with Crippen molar-refractivity contribution in [1.82, 2.24) is 9.55 Å². The zero-order valence-electron chi connectivity index (χ0n) is 12.2. The van der Waals surface area contributed by atoms with Crippen LogP contribution in [0.3, 0.4) is 0 Å². The van der Waals surface area contributed by atoms with E-state index in [9.17, 15) is 4.79 Å². The Hall–Kier alpha value is -2.10. The van der Waals surface area contributed by atoms with Crippen LogP contribution in [0, 0.1) is 0 Å². The third-order valence-electron chi connectivity index (χ3n) is 3.29. The molecule has 0 spiro atoms. The minimum absolute atomic E-state index is 0.286. The summed E-state index contributed by atoms with van der Waals surface area (Å²) < 4.78 is 6.87. The Morgan fingerprint density at radius 3 is 2.85 bits per heavy atom. The van der Waals surface area contributed by atoms with E-state index in [1.54, 1.807) is 6.92 Å². The van der Waals surface area contributed by atoms with Gasteiger partial charge >= 0.3 is 5.97 Å². The van der Waals surface area contributed by atoms with Gasteiger partial charge in [-0.05, 0) is 25.5 Å². The fraction of sp³-hybridized carbons (Fsp3) is 0.375. The molecule has 20 heavy (non-hydrogen) atoms. The predicted molar refractivity (Wildman–Crippen MR) is 79.5 cm³/mol. The second-order valence-corrected chi connectivity index (χ2v) is 4.76. The summed E-state index contributed by atoms with van der Waals surface area (Å²) in [5.74, 6) is 0.772. The Labute approximate surface area is 119 Å². The molecular weight excluding hydrogens is 252 g/mol. The van der Waals surface area contributed by atoms with E-state index in [0.29, 0.717) is 12.1 Å². The first-order valence-corrected chi connectivity index (χ1v) is 6.86. The number of hydrogen-bond donors (Lipinski definition) is 0. The summed E-state index contributed by atoms with van der Waals surface area (Å²) in [6.07, 6.45) is 3.86. The SMILES string of the molecule is CCCc1nc2ccccc2n1C/C=C(/C)C(=O)OC. The first-order valence-electron chi connectivity index (χ1n) is 6.86. The highest BCUT2D eigenvalue weighted by atomic mass is 16.5. The minimum atomic E-state index is -0.286. The number of aromatic nitrogens is 2. The number of benzene rings is 1. The molecule has 2 rings (SSSR count). The zero-order valence-corrected chi connectivity index (χ0v) is 12.2. The van der Waals surface area contributed by atoms with Crippen LogP contribution < -0.4 is 0 Å². The number of para-hydroxylation sites is 2. The van der Waals surface area contributed by atoms with Crippen molar-refractivity contribution in [2.45, 2.75) is 33.2 Å². The number of carbonyl (C=O) groups excluding carboxylic acids is 1. The van der Waals surface area contributed by atoms with E-state index < -0.39 is 0 Å². The molecule has 2 aromatic rings. The Morgan fingerprint density at radius 1 is 1.40 bits per heavy atom. The number of carbonyl (C=O) groups is 1. The second-order valence-electron chi connectivity index (χ2n) is 4.76. The van der Waals surface area contributed by atoms with Gasteiger partial charge in [0.2, 0.25) is 0 Å². The maximum Gasteiger partial charge on any atom is 0.333 e. The van der Waals surface area contributed by atoms with Gasteiger partial charge in [-0.3, -0.25) is 0 Å². The highest BCUT2D eigenvalue weighted by molar-refractivity contribution is 5.87. The Bertz CT molecular complexity index is 641.